The van der Waals surface area contributed by atoms with E-state index in [1.165, 1.54) is 38.5 Å². The molecule has 106 valence electrons. The molecule has 2 rings (SSSR count). The number of nitrogens with one attached hydrogen (secondary N) is 1. The molecule has 0 saturated heterocycles. The summed E-state index contributed by atoms with van der Waals surface area (Å²) in [7, 11) is 0. The van der Waals surface area contributed by atoms with E-state index in [1.54, 1.807) is 0 Å². The van der Waals surface area contributed by atoms with Gasteiger partial charge in [0.15, 0.2) is 0 Å². The molecule has 0 aromatic heterocycles. The van der Waals surface area contributed by atoms with E-state index in [2.05, 4.69) is 19.2 Å². The number of aliphatic hydroxyl groups excluding tert-OH is 1. The average molecular weight is 255 g/mol. The van der Waals surface area contributed by atoms with Crippen LogP contribution in [0.3, 0.4) is 0 Å². The number of hydrogen-bond donors (Lipinski definition) is 2. The highest BCUT2D eigenvalue weighted by Gasteiger charge is 2.32. The van der Waals surface area contributed by atoms with Crippen LogP contribution in [0.2, 0.25) is 0 Å². The van der Waals surface area contributed by atoms with Gasteiger partial charge in [0.25, 0.3) is 0 Å². The second-order valence-electron chi connectivity index (χ2n) is 6.64. The Morgan fingerprint density at radius 1 is 1.17 bits per heavy atom. The van der Waals surface area contributed by atoms with Gasteiger partial charge in [0.1, 0.15) is 0 Å². The van der Waals surface area contributed by atoms with E-state index in [4.69, 9.17) is 4.74 Å². The van der Waals surface area contributed by atoms with Crippen LogP contribution in [0.25, 0.3) is 0 Å². The third-order valence-electron chi connectivity index (χ3n) is 4.45. The molecule has 0 bridgehead atoms. The molecule has 0 radical (unpaired) electrons. The summed E-state index contributed by atoms with van der Waals surface area (Å²) in [6.07, 6.45) is 8.94. The van der Waals surface area contributed by atoms with Crippen molar-refractivity contribution in [1.29, 1.82) is 0 Å². The number of hydrogen-bond acceptors (Lipinski definition) is 3. The van der Waals surface area contributed by atoms with Gasteiger partial charge in [-0.1, -0.05) is 6.92 Å². The summed E-state index contributed by atoms with van der Waals surface area (Å²) < 4.78 is 5.98. The van der Waals surface area contributed by atoms with Crippen LogP contribution in [-0.4, -0.2) is 36.0 Å². The minimum Gasteiger partial charge on any atom is -0.394 e. The zero-order valence-electron chi connectivity index (χ0n) is 12.0. The highest BCUT2D eigenvalue weighted by atomic mass is 16.5. The summed E-state index contributed by atoms with van der Waals surface area (Å²) in [5.74, 6) is 0.879. The number of aliphatic hydroxyl groups is 1. The fourth-order valence-corrected chi connectivity index (χ4v) is 2.76. The summed E-state index contributed by atoms with van der Waals surface area (Å²) in [5, 5.41) is 13.0. The molecule has 3 heteroatoms. The maximum absolute atomic E-state index is 9.52. The summed E-state index contributed by atoms with van der Waals surface area (Å²) >= 11 is 0. The minimum absolute atomic E-state index is 0.150. The molecule has 2 fully saturated rings. The van der Waals surface area contributed by atoms with Crippen LogP contribution in [0.1, 0.15) is 58.8 Å². The fourth-order valence-electron chi connectivity index (χ4n) is 2.76. The van der Waals surface area contributed by atoms with Crippen molar-refractivity contribution in [3.8, 4) is 0 Å². The molecule has 1 atom stereocenters. The van der Waals surface area contributed by atoms with Gasteiger partial charge in [0, 0.05) is 18.2 Å². The van der Waals surface area contributed by atoms with Gasteiger partial charge in [0.2, 0.25) is 0 Å². The molecule has 0 aromatic rings. The van der Waals surface area contributed by atoms with Crippen molar-refractivity contribution in [3.63, 3.8) is 0 Å². The Bertz CT molecular complexity index is 247. The predicted octanol–water partition coefficient (Wildman–Crippen LogP) is 2.47. The van der Waals surface area contributed by atoms with E-state index in [-0.39, 0.29) is 12.1 Å². The van der Waals surface area contributed by atoms with Gasteiger partial charge in [-0.3, -0.25) is 0 Å². The standard InChI is InChI=1S/C15H29NO2/c1-12-3-7-14(8-4-12)18-10-9-15(2,11-17)16-13-5-6-13/h12-14,16-17H,3-11H2,1-2H3. The maximum Gasteiger partial charge on any atom is 0.0611 e. The Kier molecular flexibility index (Phi) is 5.05. The van der Waals surface area contributed by atoms with E-state index >= 15 is 0 Å². The lowest BCUT2D eigenvalue weighted by atomic mass is 9.89. The third-order valence-corrected chi connectivity index (χ3v) is 4.45. The average Bonchev–Trinajstić information content (AvgIpc) is 3.15. The molecule has 2 saturated carbocycles. The Labute approximate surface area is 111 Å². The lowest BCUT2D eigenvalue weighted by Gasteiger charge is -2.31. The van der Waals surface area contributed by atoms with Gasteiger partial charge in [-0.25, -0.2) is 0 Å². The SMILES string of the molecule is CC1CCC(OCCC(C)(CO)NC2CC2)CC1. The third kappa shape index (κ3) is 4.52. The topological polar surface area (TPSA) is 41.5 Å². The van der Waals surface area contributed by atoms with Crippen LogP contribution in [0.4, 0.5) is 0 Å². The Morgan fingerprint density at radius 2 is 1.83 bits per heavy atom. The van der Waals surface area contributed by atoms with Crippen molar-refractivity contribution < 1.29 is 9.84 Å². The predicted molar refractivity (Wildman–Crippen MR) is 73.6 cm³/mol. The minimum atomic E-state index is -0.150. The normalized spacial score (nSPS) is 32.2. The molecule has 2 aliphatic rings. The molecule has 0 aliphatic heterocycles. The first-order valence-corrected chi connectivity index (χ1v) is 7.61. The molecule has 0 spiro atoms. The first-order chi connectivity index (χ1) is 8.61. The van der Waals surface area contributed by atoms with E-state index < -0.39 is 0 Å². The first-order valence-electron chi connectivity index (χ1n) is 7.61. The second-order valence-corrected chi connectivity index (χ2v) is 6.64. The first kappa shape index (κ1) is 14.3. The largest absolute Gasteiger partial charge is 0.394 e. The lowest BCUT2D eigenvalue weighted by Crippen LogP contribution is -2.48. The summed E-state index contributed by atoms with van der Waals surface area (Å²) in [6.45, 7) is 5.42. The Balaban J connectivity index is 1.63. The van der Waals surface area contributed by atoms with Crippen molar-refractivity contribution in [2.24, 2.45) is 5.92 Å². The zero-order valence-corrected chi connectivity index (χ0v) is 12.0. The van der Waals surface area contributed by atoms with Crippen molar-refractivity contribution in [2.45, 2.75) is 76.5 Å². The van der Waals surface area contributed by atoms with Gasteiger partial charge in [-0.05, 0) is 57.8 Å². The van der Waals surface area contributed by atoms with Gasteiger partial charge in [-0.15, -0.1) is 0 Å². The van der Waals surface area contributed by atoms with E-state index in [0.29, 0.717) is 12.1 Å². The van der Waals surface area contributed by atoms with Crippen molar-refractivity contribution in [1.82, 2.24) is 5.32 Å². The second kappa shape index (κ2) is 6.36. The van der Waals surface area contributed by atoms with Crippen molar-refractivity contribution in [2.75, 3.05) is 13.2 Å². The molecule has 0 amide bonds. The molecular weight excluding hydrogens is 226 g/mol. The smallest absolute Gasteiger partial charge is 0.0611 e. The number of ether oxygens (including phenoxy) is 1. The molecular formula is C15H29NO2. The van der Waals surface area contributed by atoms with E-state index in [9.17, 15) is 5.11 Å². The van der Waals surface area contributed by atoms with Crippen LogP contribution in [0, 0.1) is 5.92 Å². The van der Waals surface area contributed by atoms with Crippen LogP contribution in [0.5, 0.6) is 0 Å². The van der Waals surface area contributed by atoms with E-state index in [0.717, 1.165) is 18.9 Å². The van der Waals surface area contributed by atoms with Gasteiger partial charge in [0.05, 0.1) is 12.7 Å². The lowest BCUT2D eigenvalue weighted by molar-refractivity contribution is 0.00419. The van der Waals surface area contributed by atoms with Crippen molar-refractivity contribution >= 4 is 0 Å². The fraction of sp³-hybridized carbons (Fsp3) is 1.00. The molecule has 18 heavy (non-hydrogen) atoms. The van der Waals surface area contributed by atoms with Crippen LogP contribution in [-0.2, 0) is 4.74 Å². The highest BCUT2D eigenvalue weighted by molar-refractivity contribution is 4.92. The van der Waals surface area contributed by atoms with Crippen LogP contribution >= 0.6 is 0 Å². The summed E-state index contributed by atoms with van der Waals surface area (Å²) in [6, 6.07) is 0.637. The van der Waals surface area contributed by atoms with Crippen LogP contribution in [0.15, 0.2) is 0 Å². The maximum atomic E-state index is 9.52. The molecule has 2 N–H and O–H groups in total. The zero-order chi connectivity index (χ0) is 13.0. The molecule has 1 unspecified atom stereocenters. The number of rotatable bonds is 7. The quantitative estimate of drug-likeness (QED) is 0.734. The highest BCUT2D eigenvalue weighted by Crippen LogP contribution is 2.27. The van der Waals surface area contributed by atoms with Crippen molar-refractivity contribution in [3.05, 3.63) is 0 Å². The summed E-state index contributed by atoms with van der Waals surface area (Å²) in [4.78, 5) is 0. The molecule has 0 aromatic carbocycles. The van der Waals surface area contributed by atoms with Crippen LogP contribution < -0.4 is 5.32 Å². The molecule has 3 nitrogen and oxygen atoms in total. The molecule has 0 heterocycles. The van der Waals surface area contributed by atoms with Gasteiger partial charge >= 0.3 is 0 Å². The van der Waals surface area contributed by atoms with Gasteiger partial charge < -0.3 is 15.2 Å². The Morgan fingerprint density at radius 3 is 2.39 bits per heavy atom. The van der Waals surface area contributed by atoms with Gasteiger partial charge in [-0.2, -0.15) is 0 Å². The monoisotopic (exact) mass is 255 g/mol. The Hall–Kier alpha value is -0.120. The molecule has 2 aliphatic carbocycles. The summed E-state index contributed by atoms with van der Waals surface area (Å²) in [5.41, 5.74) is -0.150. The van der Waals surface area contributed by atoms with E-state index in [1.807, 2.05) is 0 Å².